The molecule has 1 unspecified atom stereocenters. The summed E-state index contributed by atoms with van der Waals surface area (Å²) in [7, 11) is 0. The third-order valence-corrected chi connectivity index (χ3v) is 8.13. The number of fused-ring (bicyclic) bond motifs is 1. The molecular weight excluding hydrogens is 457 g/mol. The number of hydrogen-bond acceptors (Lipinski definition) is 6. The minimum atomic E-state index is -0.616. The molecule has 2 aliphatic heterocycles. The molecule has 3 aliphatic rings. The number of rotatable bonds is 7. The monoisotopic (exact) mass is 493 g/mol. The number of hydrogen-bond donors (Lipinski definition) is 1. The number of nitrogens with two attached hydrogens (primary N) is 1. The van der Waals surface area contributed by atoms with E-state index in [0.717, 1.165) is 79.8 Å². The van der Waals surface area contributed by atoms with Gasteiger partial charge in [-0.1, -0.05) is 12.1 Å². The molecule has 36 heavy (non-hydrogen) atoms. The number of piperidine rings is 1. The van der Waals surface area contributed by atoms with Gasteiger partial charge in [0.2, 0.25) is 0 Å². The van der Waals surface area contributed by atoms with E-state index in [4.69, 9.17) is 15.2 Å². The van der Waals surface area contributed by atoms with E-state index in [0.29, 0.717) is 37.2 Å². The third kappa shape index (κ3) is 4.93. The Morgan fingerprint density at radius 1 is 1.11 bits per heavy atom. The lowest BCUT2D eigenvalue weighted by Gasteiger charge is -2.40. The standard InChI is InChI=1S/C28H36FN5O2/c29-21-7-9-33(10-8-21)15-19-12-22(13-19)34-16-25(26-27(30)31-18-32-28(26)34)20-4-3-6-23(14-20)36-17-24-5-1-2-11-35-24/h3-4,6,14,16,18-19,21-22,24H,1-2,5,7-13,15,17H2,(H2,30,31,32)/t19-,22+,24?. The summed E-state index contributed by atoms with van der Waals surface area (Å²) in [6.45, 7) is 4.23. The van der Waals surface area contributed by atoms with Gasteiger partial charge >= 0.3 is 0 Å². The Hall–Kier alpha value is -2.71. The van der Waals surface area contributed by atoms with Crippen LogP contribution in [0.5, 0.6) is 5.75 Å². The summed E-state index contributed by atoms with van der Waals surface area (Å²) >= 11 is 0. The molecule has 6 rings (SSSR count). The van der Waals surface area contributed by atoms with Crippen LogP contribution in [-0.4, -0.2) is 64.6 Å². The predicted molar refractivity (Wildman–Crippen MR) is 139 cm³/mol. The zero-order valence-electron chi connectivity index (χ0n) is 20.8. The third-order valence-electron chi connectivity index (χ3n) is 8.13. The van der Waals surface area contributed by atoms with Crippen LogP contribution in [0.25, 0.3) is 22.2 Å². The van der Waals surface area contributed by atoms with Crippen LogP contribution < -0.4 is 10.5 Å². The summed E-state index contributed by atoms with van der Waals surface area (Å²) in [5.74, 6) is 1.98. The molecular formula is C28H36FN5O2. The first kappa shape index (κ1) is 23.7. The normalized spacial score (nSPS) is 25.6. The summed E-state index contributed by atoms with van der Waals surface area (Å²) in [6.07, 6.45) is 10.2. The van der Waals surface area contributed by atoms with Crippen molar-refractivity contribution in [2.45, 2.75) is 63.3 Å². The molecule has 2 aromatic heterocycles. The first-order valence-corrected chi connectivity index (χ1v) is 13.5. The molecule has 3 aromatic rings. The van der Waals surface area contributed by atoms with E-state index in [2.05, 4.69) is 37.8 Å². The molecule has 4 heterocycles. The van der Waals surface area contributed by atoms with Crippen LogP contribution in [0, 0.1) is 5.92 Å². The first-order chi connectivity index (χ1) is 17.6. The second kappa shape index (κ2) is 10.3. The quantitative estimate of drug-likeness (QED) is 0.498. The van der Waals surface area contributed by atoms with Crippen LogP contribution in [-0.2, 0) is 4.74 Å². The van der Waals surface area contributed by atoms with Gasteiger partial charge in [0.25, 0.3) is 0 Å². The smallest absolute Gasteiger partial charge is 0.146 e. The maximum Gasteiger partial charge on any atom is 0.146 e. The molecule has 0 spiro atoms. The van der Waals surface area contributed by atoms with Crippen molar-refractivity contribution < 1.29 is 13.9 Å². The van der Waals surface area contributed by atoms with Crippen LogP contribution in [0.15, 0.2) is 36.8 Å². The Labute approximate surface area is 211 Å². The molecule has 2 saturated heterocycles. The van der Waals surface area contributed by atoms with E-state index in [1.54, 1.807) is 6.33 Å². The fraction of sp³-hybridized carbons (Fsp3) is 0.571. The van der Waals surface area contributed by atoms with Crippen LogP contribution in [0.4, 0.5) is 10.2 Å². The highest BCUT2D eigenvalue weighted by atomic mass is 19.1. The number of alkyl halides is 1. The predicted octanol–water partition coefficient (Wildman–Crippen LogP) is 5.01. The second-order valence-corrected chi connectivity index (χ2v) is 10.7. The highest BCUT2D eigenvalue weighted by molar-refractivity contribution is 6.00. The topological polar surface area (TPSA) is 78.4 Å². The van der Waals surface area contributed by atoms with Crippen molar-refractivity contribution in [3.63, 3.8) is 0 Å². The van der Waals surface area contributed by atoms with Crippen molar-refractivity contribution >= 4 is 16.9 Å². The largest absolute Gasteiger partial charge is 0.491 e. The van der Waals surface area contributed by atoms with Gasteiger partial charge in [-0.3, -0.25) is 0 Å². The van der Waals surface area contributed by atoms with Gasteiger partial charge in [0.05, 0.1) is 11.5 Å². The lowest BCUT2D eigenvalue weighted by Crippen LogP contribution is -2.41. The van der Waals surface area contributed by atoms with Gasteiger partial charge in [-0.25, -0.2) is 14.4 Å². The van der Waals surface area contributed by atoms with Gasteiger partial charge in [0, 0.05) is 44.0 Å². The molecule has 7 nitrogen and oxygen atoms in total. The van der Waals surface area contributed by atoms with Crippen LogP contribution in [0.3, 0.4) is 0 Å². The van der Waals surface area contributed by atoms with E-state index in [1.165, 1.54) is 6.42 Å². The van der Waals surface area contributed by atoms with Gasteiger partial charge in [-0.05, 0) is 68.6 Å². The average Bonchev–Trinajstić information content (AvgIpc) is 3.27. The Bertz CT molecular complexity index is 1180. The molecule has 0 radical (unpaired) electrons. The zero-order chi connectivity index (χ0) is 24.5. The van der Waals surface area contributed by atoms with Crippen molar-refractivity contribution in [1.29, 1.82) is 0 Å². The lowest BCUT2D eigenvalue weighted by atomic mass is 9.79. The minimum absolute atomic E-state index is 0.170. The van der Waals surface area contributed by atoms with Gasteiger partial charge in [-0.15, -0.1) is 0 Å². The Kier molecular flexibility index (Phi) is 6.80. The average molecular weight is 494 g/mol. The van der Waals surface area contributed by atoms with Gasteiger partial charge < -0.3 is 24.7 Å². The van der Waals surface area contributed by atoms with Crippen molar-refractivity contribution in [3.05, 3.63) is 36.8 Å². The van der Waals surface area contributed by atoms with Crippen LogP contribution in [0.1, 0.15) is 51.0 Å². The molecule has 8 heteroatoms. The van der Waals surface area contributed by atoms with E-state index in [-0.39, 0.29) is 6.10 Å². The molecule has 1 aliphatic carbocycles. The van der Waals surface area contributed by atoms with Gasteiger partial charge in [0.1, 0.15) is 36.3 Å². The molecule has 1 saturated carbocycles. The molecule has 3 fully saturated rings. The van der Waals surface area contributed by atoms with Crippen molar-refractivity contribution in [1.82, 2.24) is 19.4 Å². The van der Waals surface area contributed by atoms with E-state index in [9.17, 15) is 4.39 Å². The molecule has 1 atom stereocenters. The summed E-state index contributed by atoms with van der Waals surface area (Å²) in [6, 6.07) is 8.57. The Balaban J connectivity index is 1.19. The van der Waals surface area contributed by atoms with Crippen molar-refractivity contribution in [2.24, 2.45) is 5.92 Å². The van der Waals surface area contributed by atoms with Crippen LogP contribution in [0.2, 0.25) is 0 Å². The molecule has 0 bridgehead atoms. The van der Waals surface area contributed by atoms with E-state index in [1.807, 2.05) is 12.1 Å². The highest BCUT2D eigenvalue weighted by Gasteiger charge is 2.34. The highest BCUT2D eigenvalue weighted by Crippen LogP contribution is 2.43. The fourth-order valence-electron chi connectivity index (χ4n) is 6.01. The maximum atomic E-state index is 13.5. The van der Waals surface area contributed by atoms with Gasteiger partial charge in [-0.2, -0.15) is 0 Å². The van der Waals surface area contributed by atoms with Gasteiger partial charge in [0.15, 0.2) is 0 Å². The van der Waals surface area contributed by atoms with E-state index < -0.39 is 6.17 Å². The number of nitrogen functional groups attached to an aromatic ring is 1. The van der Waals surface area contributed by atoms with Crippen molar-refractivity contribution in [3.8, 4) is 16.9 Å². The Morgan fingerprint density at radius 2 is 1.97 bits per heavy atom. The molecule has 2 N–H and O–H groups in total. The number of halogens is 1. The fourth-order valence-corrected chi connectivity index (χ4v) is 6.01. The SMILES string of the molecule is Nc1ncnc2c1c(-c1cccc(OCC3CCCCO3)c1)cn2[C@H]1C[C@@H](CN2CCC(F)CC2)C1. The summed E-state index contributed by atoms with van der Waals surface area (Å²) in [5, 5.41) is 0.902. The number of anilines is 1. The summed E-state index contributed by atoms with van der Waals surface area (Å²) < 4.78 is 27.7. The number of ether oxygens (including phenoxy) is 2. The minimum Gasteiger partial charge on any atom is -0.491 e. The second-order valence-electron chi connectivity index (χ2n) is 10.7. The zero-order valence-corrected chi connectivity index (χ0v) is 20.8. The lowest BCUT2D eigenvalue weighted by molar-refractivity contribution is -0.0110. The number of likely N-dealkylation sites (tertiary alicyclic amines) is 1. The van der Waals surface area contributed by atoms with E-state index >= 15 is 0 Å². The number of benzene rings is 1. The summed E-state index contributed by atoms with van der Waals surface area (Å²) in [5.41, 5.74) is 9.35. The molecule has 192 valence electrons. The van der Waals surface area contributed by atoms with Crippen LogP contribution >= 0.6 is 0 Å². The maximum absolute atomic E-state index is 13.5. The first-order valence-electron chi connectivity index (χ1n) is 13.5. The summed E-state index contributed by atoms with van der Waals surface area (Å²) in [4.78, 5) is 11.4. The molecule has 1 aromatic carbocycles. The molecule has 0 amide bonds. The van der Waals surface area contributed by atoms with Crippen molar-refractivity contribution in [2.75, 3.05) is 38.6 Å². The number of aromatic nitrogens is 3. The Morgan fingerprint density at radius 3 is 2.78 bits per heavy atom. The number of nitrogens with zero attached hydrogens (tertiary/aromatic N) is 4.